The van der Waals surface area contributed by atoms with Crippen LogP contribution in [0.2, 0.25) is 0 Å². The highest BCUT2D eigenvalue weighted by atomic mass is 32.2. The number of hydrogen-bond acceptors (Lipinski definition) is 6. The average Bonchev–Trinajstić information content (AvgIpc) is 3.29. The summed E-state index contributed by atoms with van der Waals surface area (Å²) in [5.41, 5.74) is 0.369. The summed E-state index contributed by atoms with van der Waals surface area (Å²) in [5.74, 6) is 0.398. The van der Waals surface area contributed by atoms with Crippen LogP contribution in [0.3, 0.4) is 0 Å². The molecular formula is C19H27N3O4S2. The summed E-state index contributed by atoms with van der Waals surface area (Å²) in [6.45, 7) is 8.03. The van der Waals surface area contributed by atoms with Gasteiger partial charge in [0.25, 0.3) is 0 Å². The van der Waals surface area contributed by atoms with E-state index in [0.717, 1.165) is 4.88 Å². The SMILES string of the molecule is Cc1noc(C)c1S(=O)(=O)N1CCC(C(=O)N[C@H](c2cccs2)C(C)C)CC1. The topological polar surface area (TPSA) is 92.5 Å². The molecule has 2 aromatic heterocycles. The van der Waals surface area contributed by atoms with E-state index in [4.69, 9.17) is 4.52 Å². The van der Waals surface area contributed by atoms with Crippen molar-refractivity contribution in [1.29, 1.82) is 0 Å². The van der Waals surface area contributed by atoms with Gasteiger partial charge in [0.2, 0.25) is 15.9 Å². The molecule has 1 fully saturated rings. The van der Waals surface area contributed by atoms with Gasteiger partial charge in [0.15, 0.2) is 5.76 Å². The quantitative estimate of drug-likeness (QED) is 0.767. The van der Waals surface area contributed by atoms with E-state index in [1.807, 2.05) is 17.5 Å². The zero-order valence-electron chi connectivity index (χ0n) is 16.6. The van der Waals surface area contributed by atoms with Crippen molar-refractivity contribution in [3.8, 4) is 0 Å². The molecule has 3 rings (SSSR count). The Morgan fingerprint density at radius 2 is 2.00 bits per heavy atom. The molecule has 7 nitrogen and oxygen atoms in total. The van der Waals surface area contributed by atoms with E-state index in [1.165, 1.54) is 4.31 Å². The smallest absolute Gasteiger partial charge is 0.248 e. The number of carbonyl (C=O) groups is 1. The van der Waals surface area contributed by atoms with Gasteiger partial charge in [0.05, 0.1) is 6.04 Å². The fraction of sp³-hybridized carbons (Fsp3) is 0.579. The summed E-state index contributed by atoms with van der Waals surface area (Å²) in [6, 6.07) is 4.00. The van der Waals surface area contributed by atoms with Crippen LogP contribution >= 0.6 is 11.3 Å². The highest BCUT2D eigenvalue weighted by molar-refractivity contribution is 7.89. The Kier molecular flexibility index (Phi) is 6.26. The Morgan fingerprint density at radius 1 is 1.32 bits per heavy atom. The number of amides is 1. The van der Waals surface area contributed by atoms with Gasteiger partial charge in [-0.15, -0.1) is 11.3 Å². The Balaban J connectivity index is 1.64. The van der Waals surface area contributed by atoms with Crippen molar-refractivity contribution in [1.82, 2.24) is 14.8 Å². The van der Waals surface area contributed by atoms with Crippen LogP contribution in [-0.2, 0) is 14.8 Å². The minimum Gasteiger partial charge on any atom is -0.360 e. The molecule has 1 aliphatic rings. The minimum absolute atomic E-state index is 0.00138. The second kappa shape index (κ2) is 8.34. The van der Waals surface area contributed by atoms with Crippen molar-refractivity contribution in [3.63, 3.8) is 0 Å². The highest BCUT2D eigenvalue weighted by Crippen LogP contribution is 2.30. The monoisotopic (exact) mass is 425 g/mol. The Morgan fingerprint density at radius 3 is 2.50 bits per heavy atom. The molecule has 0 spiro atoms. The molecule has 154 valence electrons. The molecule has 1 N–H and O–H groups in total. The molecule has 3 heterocycles. The molecular weight excluding hydrogens is 398 g/mol. The van der Waals surface area contributed by atoms with Crippen LogP contribution in [0.15, 0.2) is 26.9 Å². The van der Waals surface area contributed by atoms with Gasteiger partial charge >= 0.3 is 0 Å². The maximum atomic E-state index is 12.9. The number of hydrogen-bond donors (Lipinski definition) is 1. The first-order chi connectivity index (χ1) is 13.2. The number of carbonyl (C=O) groups excluding carboxylic acids is 1. The first-order valence-corrected chi connectivity index (χ1v) is 11.8. The molecule has 0 unspecified atom stereocenters. The molecule has 2 aromatic rings. The van der Waals surface area contributed by atoms with Crippen molar-refractivity contribution >= 4 is 27.3 Å². The number of nitrogens with zero attached hydrogens (tertiary/aromatic N) is 2. The zero-order valence-corrected chi connectivity index (χ0v) is 18.3. The van der Waals surface area contributed by atoms with Crippen molar-refractivity contribution in [2.24, 2.45) is 11.8 Å². The Labute approximate surface area is 170 Å². The normalized spacial score (nSPS) is 17.8. The van der Waals surface area contributed by atoms with Gasteiger partial charge in [-0.1, -0.05) is 25.1 Å². The van der Waals surface area contributed by atoms with E-state index in [0.29, 0.717) is 37.4 Å². The average molecular weight is 426 g/mol. The number of nitrogens with one attached hydrogen (secondary N) is 1. The lowest BCUT2D eigenvalue weighted by atomic mass is 9.95. The number of piperidine rings is 1. The molecule has 1 amide bonds. The Hall–Kier alpha value is -1.71. The van der Waals surface area contributed by atoms with Gasteiger partial charge < -0.3 is 9.84 Å². The number of rotatable bonds is 6. The first kappa shape index (κ1) is 21.0. The van der Waals surface area contributed by atoms with Crippen molar-refractivity contribution in [3.05, 3.63) is 33.8 Å². The molecule has 28 heavy (non-hydrogen) atoms. The maximum absolute atomic E-state index is 12.9. The molecule has 0 saturated carbocycles. The molecule has 0 bridgehead atoms. The van der Waals surface area contributed by atoms with Crippen molar-refractivity contribution in [2.75, 3.05) is 13.1 Å². The van der Waals surface area contributed by atoms with Crippen LogP contribution in [0, 0.1) is 25.7 Å². The molecule has 0 radical (unpaired) electrons. The van der Waals surface area contributed by atoms with E-state index in [1.54, 1.807) is 25.2 Å². The third kappa shape index (κ3) is 4.16. The van der Waals surface area contributed by atoms with Crippen molar-refractivity contribution in [2.45, 2.75) is 51.5 Å². The summed E-state index contributed by atoms with van der Waals surface area (Å²) in [7, 11) is -3.65. The van der Waals surface area contributed by atoms with Crippen LogP contribution in [0.1, 0.15) is 49.1 Å². The highest BCUT2D eigenvalue weighted by Gasteiger charge is 2.36. The summed E-state index contributed by atoms with van der Waals surface area (Å²) in [4.78, 5) is 14.1. The zero-order chi connectivity index (χ0) is 20.5. The largest absolute Gasteiger partial charge is 0.360 e. The van der Waals surface area contributed by atoms with E-state index in [9.17, 15) is 13.2 Å². The standard InChI is InChI=1S/C19H27N3O4S2/c1-12(2)17(16-6-5-11-27-16)20-19(23)15-7-9-22(10-8-15)28(24,25)18-13(3)21-26-14(18)4/h5-6,11-12,15,17H,7-10H2,1-4H3,(H,20,23)/t17-/m0/s1. The van der Waals surface area contributed by atoms with Crippen LogP contribution in [0.25, 0.3) is 0 Å². The molecule has 0 aliphatic carbocycles. The second-order valence-corrected chi connectivity index (χ2v) is 10.4. The van der Waals surface area contributed by atoms with Gasteiger partial charge in [-0.2, -0.15) is 4.31 Å². The third-order valence-corrected chi connectivity index (χ3v) is 8.30. The van der Waals surface area contributed by atoms with Crippen LogP contribution in [0.4, 0.5) is 0 Å². The summed E-state index contributed by atoms with van der Waals surface area (Å²) in [5, 5.41) is 8.93. The number of aryl methyl sites for hydroxylation is 2. The van der Waals surface area contributed by atoms with Crippen molar-refractivity contribution < 1.29 is 17.7 Å². The summed E-state index contributed by atoms with van der Waals surface area (Å²) >= 11 is 1.64. The number of thiophene rings is 1. The van der Waals surface area contributed by atoms with Gasteiger partial charge in [0.1, 0.15) is 10.6 Å². The number of sulfonamides is 1. The van der Waals surface area contributed by atoms with Gasteiger partial charge in [-0.05, 0) is 44.1 Å². The predicted molar refractivity (Wildman–Crippen MR) is 108 cm³/mol. The van der Waals surface area contributed by atoms with E-state index < -0.39 is 10.0 Å². The molecule has 1 saturated heterocycles. The van der Waals surface area contributed by atoms with Gasteiger partial charge in [-0.25, -0.2) is 8.42 Å². The molecule has 1 aliphatic heterocycles. The lowest BCUT2D eigenvalue weighted by Crippen LogP contribution is -2.44. The second-order valence-electron chi connectivity index (χ2n) is 7.58. The lowest BCUT2D eigenvalue weighted by Gasteiger charge is -2.32. The Bertz CT molecular complexity index is 892. The fourth-order valence-electron chi connectivity index (χ4n) is 3.64. The van der Waals surface area contributed by atoms with E-state index >= 15 is 0 Å². The molecule has 1 atom stereocenters. The van der Waals surface area contributed by atoms with Gasteiger partial charge in [0, 0.05) is 23.9 Å². The number of aromatic nitrogens is 1. The predicted octanol–water partition coefficient (Wildman–Crippen LogP) is 3.27. The van der Waals surface area contributed by atoms with Crippen LogP contribution < -0.4 is 5.32 Å². The first-order valence-electron chi connectivity index (χ1n) is 9.48. The summed E-state index contributed by atoms with van der Waals surface area (Å²) < 4.78 is 32.3. The van der Waals surface area contributed by atoms with Gasteiger partial charge in [-0.3, -0.25) is 4.79 Å². The van der Waals surface area contributed by atoms with Crippen LogP contribution in [0.5, 0.6) is 0 Å². The van der Waals surface area contributed by atoms with E-state index in [2.05, 4.69) is 24.3 Å². The van der Waals surface area contributed by atoms with E-state index in [-0.39, 0.29) is 28.7 Å². The summed E-state index contributed by atoms with van der Waals surface area (Å²) in [6.07, 6.45) is 1.01. The maximum Gasteiger partial charge on any atom is 0.248 e. The fourth-order valence-corrected chi connectivity index (χ4v) is 6.35. The lowest BCUT2D eigenvalue weighted by molar-refractivity contribution is -0.127. The third-order valence-electron chi connectivity index (χ3n) is 5.20. The van der Waals surface area contributed by atoms with Crippen LogP contribution in [-0.4, -0.2) is 36.9 Å². The minimum atomic E-state index is -3.65. The molecule has 0 aromatic carbocycles. The molecule has 9 heteroatoms.